The Balaban J connectivity index is 3.69. The van der Waals surface area contributed by atoms with Crippen LogP contribution in [0.15, 0.2) is 12.5 Å². The number of nitrogens with one attached hydrogen (secondary N) is 1. The molecule has 0 saturated carbocycles. The van der Waals surface area contributed by atoms with Gasteiger partial charge < -0.3 is 10.1 Å². The lowest BCUT2D eigenvalue weighted by atomic mass is 9.90. The van der Waals surface area contributed by atoms with E-state index in [0.29, 0.717) is 0 Å². The van der Waals surface area contributed by atoms with Crippen LogP contribution in [0.2, 0.25) is 0 Å². The van der Waals surface area contributed by atoms with Crippen LogP contribution >= 0.6 is 0 Å². The molecule has 2 nitrogen and oxygen atoms in total. The molecule has 0 saturated heterocycles. The van der Waals surface area contributed by atoms with Gasteiger partial charge in [-0.05, 0) is 12.3 Å². The predicted molar refractivity (Wildman–Crippen MR) is 48.2 cm³/mol. The number of hydrogen-bond acceptors (Lipinski definition) is 2. The van der Waals surface area contributed by atoms with Crippen molar-refractivity contribution in [1.29, 1.82) is 0 Å². The highest BCUT2D eigenvalue weighted by Gasteiger charge is 2.19. The Morgan fingerprint density at radius 1 is 1.36 bits per heavy atom. The van der Waals surface area contributed by atoms with Crippen molar-refractivity contribution in [3.63, 3.8) is 0 Å². The van der Waals surface area contributed by atoms with Crippen LogP contribution < -0.4 is 5.32 Å². The molecular weight excluding hydrogens is 138 g/mol. The van der Waals surface area contributed by atoms with Gasteiger partial charge in [0.15, 0.2) is 0 Å². The summed E-state index contributed by atoms with van der Waals surface area (Å²) in [5, 5.41) is 2.87. The third kappa shape index (κ3) is 4.71. The molecule has 1 N–H and O–H groups in total. The highest BCUT2D eigenvalue weighted by Crippen LogP contribution is 2.21. The van der Waals surface area contributed by atoms with Gasteiger partial charge in [-0.25, -0.2) is 0 Å². The lowest BCUT2D eigenvalue weighted by Gasteiger charge is -2.26. The van der Waals surface area contributed by atoms with E-state index in [-0.39, 0.29) is 11.5 Å². The first-order valence-electron chi connectivity index (χ1n) is 3.96. The normalized spacial score (nSPS) is 15.0. The largest absolute Gasteiger partial charge is 0.496 e. The molecule has 0 rings (SSSR count). The van der Waals surface area contributed by atoms with Gasteiger partial charge in [0.05, 0.1) is 12.4 Å². The molecule has 66 valence electrons. The molecule has 2 heteroatoms. The van der Waals surface area contributed by atoms with Gasteiger partial charge in [0.25, 0.3) is 0 Å². The Morgan fingerprint density at radius 3 is 2.27 bits per heavy atom. The maximum atomic E-state index is 5.40. The topological polar surface area (TPSA) is 21.3 Å². The van der Waals surface area contributed by atoms with E-state index in [4.69, 9.17) is 4.74 Å². The van der Waals surface area contributed by atoms with E-state index < -0.39 is 0 Å². The van der Waals surface area contributed by atoms with Gasteiger partial charge in [-0.2, -0.15) is 0 Å². The number of rotatable bonds is 3. The summed E-state index contributed by atoms with van der Waals surface area (Å²) in [6, 6.07) is 0. The van der Waals surface area contributed by atoms with E-state index in [0.717, 1.165) is 0 Å². The zero-order valence-corrected chi connectivity index (χ0v) is 8.14. The van der Waals surface area contributed by atoms with Crippen LogP contribution in [0, 0.1) is 5.41 Å². The fraction of sp³-hybridized carbons (Fsp3) is 0.778. The number of hydrogen-bond donors (Lipinski definition) is 1. The highest BCUT2D eigenvalue weighted by molar-refractivity contribution is 4.75. The molecule has 0 aliphatic carbocycles. The van der Waals surface area contributed by atoms with Gasteiger partial charge >= 0.3 is 0 Å². The summed E-state index contributed by atoms with van der Waals surface area (Å²) in [6.45, 7) is 8.54. The molecule has 0 amide bonds. The Morgan fingerprint density at radius 2 is 1.91 bits per heavy atom. The van der Waals surface area contributed by atoms with Gasteiger partial charge in [0, 0.05) is 13.2 Å². The molecule has 0 spiro atoms. The molecule has 0 bridgehead atoms. The molecule has 0 aliphatic heterocycles. The first kappa shape index (κ1) is 10.3. The molecule has 11 heavy (non-hydrogen) atoms. The van der Waals surface area contributed by atoms with Crippen molar-refractivity contribution >= 4 is 0 Å². The van der Waals surface area contributed by atoms with Crippen molar-refractivity contribution in [2.24, 2.45) is 5.41 Å². The van der Waals surface area contributed by atoms with E-state index in [1.807, 2.05) is 7.05 Å². The minimum absolute atomic E-state index is 0.206. The van der Waals surface area contributed by atoms with Crippen LogP contribution in [0.1, 0.15) is 27.7 Å². The zero-order chi connectivity index (χ0) is 8.91. The van der Waals surface area contributed by atoms with Crippen LogP contribution in [0.4, 0.5) is 0 Å². The van der Waals surface area contributed by atoms with E-state index in [2.05, 4.69) is 33.0 Å². The van der Waals surface area contributed by atoms with E-state index in [1.165, 1.54) is 0 Å². The maximum absolute atomic E-state index is 5.40. The lowest BCUT2D eigenvalue weighted by Crippen LogP contribution is -2.24. The van der Waals surface area contributed by atoms with Crippen molar-refractivity contribution in [1.82, 2.24) is 5.32 Å². The summed E-state index contributed by atoms with van der Waals surface area (Å²) in [7, 11) is 1.85. The van der Waals surface area contributed by atoms with Crippen molar-refractivity contribution < 1.29 is 4.74 Å². The third-order valence-electron chi connectivity index (χ3n) is 1.74. The van der Waals surface area contributed by atoms with Crippen LogP contribution in [-0.4, -0.2) is 13.2 Å². The fourth-order valence-corrected chi connectivity index (χ4v) is 0.429. The van der Waals surface area contributed by atoms with Crippen LogP contribution in [0.25, 0.3) is 0 Å². The van der Waals surface area contributed by atoms with Gasteiger partial charge in [0.1, 0.15) is 0 Å². The van der Waals surface area contributed by atoms with Crippen LogP contribution in [0.5, 0.6) is 0 Å². The molecule has 0 aromatic heterocycles. The summed E-state index contributed by atoms with van der Waals surface area (Å²) in [5.74, 6) is 0. The Labute approximate surface area is 69.6 Å². The predicted octanol–water partition coefficient (Wildman–Crippen LogP) is 2.13. The van der Waals surface area contributed by atoms with Gasteiger partial charge in [0.2, 0.25) is 0 Å². The monoisotopic (exact) mass is 157 g/mol. The second-order valence-electron chi connectivity index (χ2n) is 3.74. The first-order chi connectivity index (χ1) is 4.98. The van der Waals surface area contributed by atoms with Crippen molar-refractivity contribution in [3.05, 3.63) is 12.5 Å². The van der Waals surface area contributed by atoms with Gasteiger partial charge in [-0.15, -0.1) is 0 Å². The molecule has 0 heterocycles. The van der Waals surface area contributed by atoms with Crippen molar-refractivity contribution in [2.45, 2.75) is 33.8 Å². The Bertz CT molecular complexity index is 124. The molecule has 0 radical (unpaired) electrons. The van der Waals surface area contributed by atoms with E-state index in [1.54, 1.807) is 12.5 Å². The zero-order valence-electron chi connectivity index (χ0n) is 8.14. The number of ether oxygens (including phenoxy) is 1. The minimum Gasteiger partial charge on any atom is -0.496 e. The quantitative estimate of drug-likeness (QED) is 0.634. The second-order valence-corrected chi connectivity index (χ2v) is 3.74. The lowest BCUT2D eigenvalue weighted by molar-refractivity contribution is 0.0608. The van der Waals surface area contributed by atoms with E-state index in [9.17, 15) is 0 Å². The Hall–Kier alpha value is -0.660. The summed E-state index contributed by atoms with van der Waals surface area (Å²) in [5.41, 5.74) is 0.206. The smallest absolute Gasteiger partial charge is 0.0999 e. The fourth-order valence-electron chi connectivity index (χ4n) is 0.429. The second kappa shape index (κ2) is 4.27. The summed E-state index contributed by atoms with van der Waals surface area (Å²) in [4.78, 5) is 0. The van der Waals surface area contributed by atoms with Crippen molar-refractivity contribution in [2.75, 3.05) is 7.05 Å². The van der Waals surface area contributed by atoms with Crippen molar-refractivity contribution in [3.8, 4) is 0 Å². The Kier molecular flexibility index (Phi) is 4.01. The first-order valence-corrected chi connectivity index (χ1v) is 3.96. The molecule has 0 fully saturated rings. The SMILES string of the molecule is CN/C=C\OC(C)C(C)(C)C. The maximum Gasteiger partial charge on any atom is 0.0999 e. The minimum atomic E-state index is 0.206. The standard InChI is InChI=1S/C9H19NO/c1-8(9(2,3)4)11-7-6-10-5/h6-8,10H,1-5H3/b7-6-. The average Bonchev–Trinajstić information content (AvgIpc) is 1.86. The van der Waals surface area contributed by atoms with Crippen LogP contribution in [-0.2, 0) is 4.74 Å². The van der Waals surface area contributed by atoms with Crippen LogP contribution in [0.3, 0.4) is 0 Å². The van der Waals surface area contributed by atoms with Gasteiger partial charge in [-0.3, -0.25) is 0 Å². The molecule has 1 atom stereocenters. The third-order valence-corrected chi connectivity index (χ3v) is 1.74. The molecular formula is C9H19NO. The molecule has 1 unspecified atom stereocenters. The molecule has 0 aromatic rings. The molecule has 0 aromatic carbocycles. The summed E-state index contributed by atoms with van der Waals surface area (Å²) in [6.07, 6.45) is 3.71. The highest BCUT2D eigenvalue weighted by atomic mass is 16.5. The van der Waals surface area contributed by atoms with Gasteiger partial charge in [-0.1, -0.05) is 20.8 Å². The van der Waals surface area contributed by atoms with E-state index >= 15 is 0 Å². The summed E-state index contributed by atoms with van der Waals surface area (Å²) >= 11 is 0. The summed E-state index contributed by atoms with van der Waals surface area (Å²) < 4.78 is 5.40. The molecule has 0 aliphatic rings. The average molecular weight is 157 g/mol.